The Morgan fingerprint density at radius 1 is 1.10 bits per heavy atom. The van der Waals surface area contributed by atoms with Gasteiger partial charge in [0.25, 0.3) is 0 Å². The molecule has 0 saturated heterocycles. The Kier molecular flexibility index (Phi) is 7.49. The van der Waals surface area contributed by atoms with Gasteiger partial charge in [-0.25, -0.2) is 0 Å². The molecule has 1 rings (SSSR count). The first-order chi connectivity index (χ1) is 10.2. The fraction of sp³-hybridized carbons (Fsp3) is 0.529. The van der Waals surface area contributed by atoms with E-state index in [1.165, 1.54) is 0 Å². The highest BCUT2D eigenvalue weighted by atomic mass is 16.5. The van der Waals surface area contributed by atoms with Crippen LogP contribution in [0.5, 0.6) is 17.2 Å². The van der Waals surface area contributed by atoms with Crippen molar-refractivity contribution in [1.29, 1.82) is 0 Å². The Morgan fingerprint density at radius 2 is 1.71 bits per heavy atom. The predicted octanol–water partition coefficient (Wildman–Crippen LogP) is 3.17. The van der Waals surface area contributed by atoms with Crippen LogP contribution in [0.15, 0.2) is 12.1 Å². The number of rotatable bonds is 9. The summed E-state index contributed by atoms with van der Waals surface area (Å²) in [7, 11) is 4.90. The molecule has 21 heavy (non-hydrogen) atoms. The lowest BCUT2D eigenvalue weighted by atomic mass is 10.00. The molecule has 1 aromatic carbocycles. The topological polar surface area (TPSA) is 39.7 Å². The van der Waals surface area contributed by atoms with Gasteiger partial charge in [0.05, 0.1) is 21.3 Å². The van der Waals surface area contributed by atoms with Crippen LogP contribution >= 0.6 is 0 Å². The summed E-state index contributed by atoms with van der Waals surface area (Å²) in [4.78, 5) is 0. The lowest BCUT2D eigenvalue weighted by Crippen LogP contribution is -2.22. The van der Waals surface area contributed by atoms with Crippen LogP contribution in [0.3, 0.4) is 0 Å². The van der Waals surface area contributed by atoms with Crippen LogP contribution in [0.25, 0.3) is 0 Å². The quantitative estimate of drug-likeness (QED) is 0.709. The van der Waals surface area contributed by atoms with Gasteiger partial charge in [-0.1, -0.05) is 6.92 Å². The Bertz CT molecular complexity index is 480. The molecule has 1 unspecified atom stereocenters. The third-order valence-corrected chi connectivity index (χ3v) is 3.33. The Morgan fingerprint density at radius 3 is 2.24 bits per heavy atom. The number of hydrogen-bond donors (Lipinski definition) is 1. The molecule has 0 amide bonds. The SMILES string of the molecule is C#CCCC(NCCC)c1cc(OC)c(OC)cc1OC. The van der Waals surface area contributed by atoms with Gasteiger partial charge in [-0.2, -0.15) is 0 Å². The lowest BCUT2D eigenvalue weighted by molar-refractivity contribution is 0.344. The Hall–Kier alpha value is -1.86. The van der Waals surface area contributed by atoms with Crippen LogP contribution in [-0.4, -0.2) is 27.9 Å². The summed E-state index contributed by atoms with van der Waals surface area (Å²) in [5.41, 5.74) is 1.04. The summed E-state index contributed by atoms with van der Waals surface area (Å²) in [6.07, 6.45) is 8.02. The molecule has 1 N–H and O–H groups in total. The number of nitrogens with one attached hydrogen (secondary N) is 1. The maximum atomic E-state index is 5.50. The molecule has 4 heteroatoms. The van der Waals surface area contributed by atoms with E-state index < -0.39 is 0 Å². The number of methoxy groups -OCH3 is 3. The molecular formula is C17H25NO3. The van der Waals surface area contributed by atoms with Crippen molar-refractivity contribution in [1.82, 2.24) is 5.32 Å². The van der Waals surface area contributed by atoms with Crippen molar-refractivity contribution in [3.8, 4) is 29.6 Å². The maximum absolute atomic E-state index is 5.50. The molecule has 0 saturated carbocycles. The number of benzene rings is 1. The van der Waals surface area contributed by atoms with Gasteiger partial charge in [0, 0.05) is 24.1 Å². The minimum atomic E-state index is 0.135. The van der Waals surface area contributed by atoms with Crippen LogP contribution < -0.4 is 19.5 Å². The van der Waals surface area contributed by atoms with Crippen LogP contribution in [0.1, 0.15) is 37.8 Å². The fourth-order valence-corrected chi connectivity index (χ4v) is 2.24. The number of hydrogen-bond acceptors (Lipinski definition) is 4. The highest BCUT2D eigenvalue weighted by molar-refractivity contribution is 5.51. The maximum Gasteiger partial charge on any atom is 0.164 e. The smallest absolute Gasteiger partial charge is 0.164 e. The molecule has 4 nitrogen and oxygen atoms in total. The largest absolute Gasteiger partial charge is 0.496 e. The van der Waals surface area contributed by atoms with Gasteiger partial charge in [0.2, 0.25) is 0 Å². The van der Waals surface area contributed by atoms with Gasteiger partial charge in [-0.3, -0.25) is 0 Å². The molecule has 1 atom stereocenters. The van der Waals surface area contributed by atoms with Crippen LogP contribution in [0.2, 0.25) is 0 Å². The second-order valence-corrected chi connectivity index (χ2v) is 4.70. The highest BCUT2D eigenvalue weighted by Crippen LogP contribution is 2.38. The Balaban J connectivity index is 3.17. The summed E-state index contributed by atoms with van der Waals surface area (Å²) in [6.45, 7) is 3.06. The molecule has 0 aliphatic rings. The molecular weight excluding hydrogens is 266 g/mol. The normalized spacial score (nSPS) is 11.6. The molecule has 0 aliphatic heterocycles. The molecule has 0 radical (unpaired) electrons. The zero-order valence-electron chi connectivity index (χ0n) is 13.4. The van der Waals surface area contributed by atoms with Gasteiger partial charge in [0.15, 0.2) is 11.5 Å². The second-order valence-electron chi connectivity index (χ2n) is 4.70. The molecule has 0 heterocycles. The molecule has 0 bridgehead atoms. The Labute approximate surface area is 127 Å². The van der Waals surface area contributed by atoms with Crippen molar-refractivity contribution in [2.45, 2.75) is 32.2 Å². The van der Waals surface area contributed by atoms with E-state index in [0.717, 1.165) is 30.7 Å². The molecule has 0 aliphatic carbocycles. The zero-order chi connectivity index (χ0) is 15.7. The highest BCUT2D eigenvalue weighted by Gasteiger charge is 2.19. The lowest BCUT2D eigenvalue weighted by Gasteiger charge is -2.22. The number of terminal acetylenes is 1. The molecule has 0 aromatic heterocycles. The van der Waals surface area contributed by atoms with E-state index in [2.05, 4.69) is 18.2 Å². The second kappa shape index (κ2) is 9.15. The van der Waals surface area contributed by atoms with E-state index >= 15 is 0 Å². The first-order valence-corrected chi connectivity index (χ1v) is 7.18. The standard InChI is InChI=1S/C17H25NO3/c1-6-8-9-14(18-10-7-2)13-11-16(20-4)17(21-5)12-15(13)19-3/h1,11-12,14,18H,7-10H2,2-5H3. The average molecular weight is 291 g/mol. The summed E-state index contributed by atoms with van der Waals surface area (Å²) in [6, 6.07) is 3.95. The van der Waals surface area contributed by atoms with Gasteiger partial charge in [-0.15, -0.1) is 12.3 Å². The van der Waals surface area contributed by atoms with Crippen molar-refractivity contribution >= 4 is 0 Å². The first kappa shape index (κ1) is 17.2. The molecule has 1 aromatic rings. The van der Waals surface area contributed by atoms with Crippen molar-refractivity contribution in [2.75, 3.05) is 27.9 Å². The minimum Gasteiger partial charge on any atom is -0.496 e. The van der Waals surface area contributed by atoms with E-state index in [4.69, 9.17) is 20.6 Å². The van der Waals surface area contributed by atoms with Crippen LogP contribution in [-0.2, 0) is 0 Å². The summed E-state index contributed by atoms with van der Waals surface area (Å²) < 4.78 is 16.2. The van der Waals surface area contributed by atoms with Gasteiger partial charge in [-0.05, 0) is 25.5 Å². The zero-order valence-corrected chi connectivity index (χ0v) is 13.4. The van der Waals surface area contributed by atoms with E-state index in [9.17, 15) is 0 Å². The molecule has 0 spiro atoms. The summed E-state index contributed by atoms with van der Waals surface area (Å²) >= 11 is 0. The third kappa shape index (κ3) is 4.57. The predicted molar refractivity (Wildman–Crippen MR) is 85.2 cm³/mol. The first-order valence-electron chi connectivity index (χ1n) is 7.18. The van der Waals surface area contributed by atoms with Gasteiger partial charge in [0.1, 0.15) is 5.75 Å². The van der Waals surface area contributed by atoms with Gasteiger partial charge >= 0.3 is 0 Å². The van der Waals surface area contributed by atoms with Crippen molar-refractivity contribution < 1.29 is 14.2 Å². The fourth-order valence-electron chi connectivity index (χ4n) is 2.24. The van der Waals surface area contributed by atoms with Crippen LogP contribution in [0, 0.1) is 12.3 Å². The van der Waals surface area contributed by atoms with E-state index in [1.807, 2.05) is 12.1 Å². The van der Waals surface area contributed by atoms with Crippen molar-refractivity contribution in [2.24, 2.45) is 0 Å². The monoisotopic (exact) mass is 291 g/mol. The van der Waals surface area contributed by atoms with Crippen LogP contribution in [0.4, 0.5) is 0 Å². The van der Waals surface area contributed by atoms with Gasteiger partial charge < -0.3 is 19.5 Å². The van der Waals surface area contributed by atoms with Crippen molar-refractivity contribution in [3.05, 3.63) is 17.7 Å². The molecule has 116 valence electrons. The minimum absolute atomic E-state index is 0.135. The third-order valence-electron chi connectivity index (χ3n) is 3.33. The van der Waals surface area contributed by atoms with E-state index in [-0.39, 0.29) is 6.04 Å². The van der Waals surface area contributed by atoms with E-state index in [1.54, 1.807) is 21.3 Å². The summed E-state index contributed by atoms with van der Waals surface area (Å²) in [5.74, 6) is 4.82. The molecule has 0 fully saturated rings. The summed E-state index contributed by atoms with van der Waals surface area (Å²) in [5, 5.41) is 3.51. The van der Waals surface area contributed by atoms with E-state index in [0.29, 0.717) is 17.9 Å². The average Bonchev–Trinajstić information content (AvgIpc) is 2.53. The van der Waals surface area contributed by atoms with Crippen molar-refractivity contribution in [3.63, 3.8) is 0 Å². The number of ether oxygens (including phenoxy) is 3.